The molecular formula is C13H22N2O. The van der Waals surface area contributed by atoms with E-state index in [1.54, 1.807) is 0 Å². The molecule has 0 aromatic carbocycles. The molecule has 1 unspecified atom stereocenters. The predicted molar refractivity (Wildman–Crippen MR) is 64.1 cm³/mol. The van der Waals surface area contributed by atoms with Gasteiger partial charge in [0.1, 0.15) is 0 Å². The summed E-state index contributed by atoms with van der Waals surface area (Å²) in [7, 11) is 1.92. The standard InChI is InChI=1S/C13H22N2O/c1-3-11-9-12(15(2)14-11)13(16)8-10-6-4-5-7-10/h9-10,13,16H,3-8H2,1-2H3. The molecule has 0 bridgehead atoms. The molecule has 1 N–H and O–H groups in total. The van der Waals surface area contributed by atoms with Crippen molar-refractivity contribution < 1.29 is 5.11 Å². The molecule has 1 aromatic rings. The highest BCUT2D eigenvalue weighted by molar-refractivity contribution is 5.12. The summed E-state index contributed by atoms with van der Waals surface area (Å²) in [6.07, 6.45) is 6.75. The van der Waals surface area contributed by atoms with Gasteiger partial charge < -0.3 is 5.11 Å². The molecule has 16 heavy (non-hydrogen) atoms. The van der Waals surface area contributed by atoms with Crippen LogP contribution in [0.1, 0.15) is 56.5 Å². The van der Waals surface area contributed by atoms with Gasteiger partial charge in [-0.05, 0) is 24.8 Å². The van der Waals surface area contributed by atoms with Gasteiger partial charge in [0.25, 0.3) is 0 Å². The minimum Gasteiger partial charge on any atom is -0.387 e. The van der Waals surface area contributed by atoms with Crippen LogP contribution in [0.5, 0.6) is 0 Å². The fraction of sp³-hybridized carbons (Fsp3) is 0.769. The predicted octanol–water partition coefficient (Wildman–Crippen LogP) is 2.60. The molecule has 1 aliphatic rings. The fourth-order valence-corrected chi connectivity index (χ4v) is 2.71. The van der Waals surface area contributed by atoms with Crippen molar-refractivity contribution in [1.29, 1.82) is 0 Å². The Balaban J connectivity index is 2.01. The van der Waals surface area contributed by atoms with Gasteiger partial charge in [0.2, 0.25) is 0 Å². The summed E-state index contributed by atoms with van der Waals surface area (Å²) in [5, 5.41) is 14.6. The van der Waals surface area contributed by atoms with E-state index in [9.17, 15) is 5.11 Å². The average Bonchev–Trinajstić information content (AvgIpc) is 2.87. The van der Waals surface area contributed by atoms with Gasteiger partial charge in [0, 0.05) is 7.05 Å². The normalized spacial score (nSPS) is 19.2. The van der Waals surface area contributed by atoms with Crippen LogP contribution in [-0.4, -0.2) is 14.9 Å². The second-order valence-corrected chi connectivity index (χ2v) is 4.94. The van der Waals surface area contributed by atoms with Crippen LogP contribution in [0.2, 0.25) is 0 Å². The van der Waals surface area contributed by atoms with Gasteiger partial charge >= 0.3 is 0 Å². The van der Waals surface area contributed by atoms with Crippen molar-refractivity contribution in [3.05, 3.63) is 17.5 Å². The third kappa shape index (κ3) is 2.46. The quantitative estimate of drug-likeness (QED) is 0.850. The molecule has 0 radical (unpaired) electrons. The highest BCUT2D eigenvalue weighted by Crippen LogP contribution is 2.32. The molecule has 0 aliphatic heterocycles. The van der Waals surface area contributed by atoms with E-state index in [2.05, 4.69) is 12.0 Å². The number of rotatable bonds is 4. The molecule has 0 amide bonds. The Kier molecular flexibility index (Phi) is 3.64. The molecule has 0 saturated heterocycles. The van der Waals surface area contributed by atoms with Crippen molar-refractivity contribution in [1.82, 2.24) is 9.78 Å². The maximum atomic E-state index is 10.2. The molecule has 1 fully saturated rings. The third-order valence-corrected chi connectivity index (χ3v) is 3.70. The van der Waals surface area contributed by atoms with Gasteiger partial charge in [-0.25, -0.2) is 0 Å². The highest BCUT2D eigenvalue weighted by Gasteiger charge is 2.21. The summed E-state index contributed by atoms with van der Waals surface area (Å²) in [6.45, 7) is 2.09. The Hall–Kier alpha value is -0.830. The number of aryl methyl sites for hydroxylation is 2. The molecule has 1 saturated carbocycles. The van der Waals surface area contributed by atoms with Crippen LogP contribution in [0.25, 0.3) is 0 Å². The van der Waals surface area contributed by atoms with Gasteiger partial charge in [0.15, 0.2) is 0 Å². The minimum absolute atomic E-state index is 0.333. The van der Waals surface area contributed by atoms with E-state index in [1.807, 2.05) is 17.8 Å². The van der Waals surface area contributed by atoms with Crippen molar-refractivity contribution in [3.8, 4) is 0 Å². The van der Waals surface area contributed by atoms with Crippen LogP contribution in [0, 0.1) is 5.92 Å². The Bertz CT molecular complexity index is 340. The van der Waals surface area contributed by atoms with E-state index >= 15 is 0 Å². The molecule has 1 heterocycles. The van der Waals surface area contributed by atoms with Crippen molar-refractivity contribution in [2.24, 2.45) is 13.0 Å². The second-order valence-electron chi connectivity index (χ2n) is 4.94. The maximum Gasteiger partial charge on any atom is 0.0959 e. The number of aliphatic hydroxyl groups excluding tert-OH is 1. The molecule has 3 heteroatoms. The van der Waals surface area contributed by atoms with Gasteiger partial charge in [-0.3, -0.25) is 4.68 Å². The zero-order valence-corrected chi connectivity index (χ0v) is 10.3. The molecule has 1 atom stereocenters. The zero-order valence-electron chi connectivity index (χ0n) is 10.3. The van der Waals surface area contributed by atoms with Crippen LogP contribution >= 0.6 is 0 Å². The topological polar surface area (TPSA) is 38.0 Å². The van der Waals surface area contributed by atoms with E-state index in [-0.39, 0.29) is 6.10 Å². The van der Waals surface area contributed by atoms with E-state index in [4.69, 9.17) is 0 Å². The molecule has 1 aliphatic carbocycles. The van der Waals surface area contributed by atoms with Gasteiger partial charge in [-0.1, -0.05) is 32.6 Å². The Morgan fingerprint density at radius 2 is 2.19 bits per heavy atom. The van der Waals surface area contributed by atoms with Crippen molar-refractivity contribution in [3.63, 3.8) is 0 Å². The molecule has 90 valence electrons. The van der Waals surface area contributed by atoms with E-state index < -0.39 is 0 Å². The number of hydrogen-bond acceptors (Lipinski definition) is 2. The molecule has 0 spiro atoms. The number of nitrogens with zero attached hydrogens (tertiary/aromatic N) is 2. The summed E-state index contributed by atoms with van der Waals surface area (Å²) in [5.41, 5.74) is 2.05. The average molecular weight is 222 g/mol. The van der Waals surface area contributed by atoms with Crippen LogP contribution in [-0.2, 0) is 13.5 Å². The summed E-state index contributed by atoms with van der Waals surface area (Å²) < 4.78 is 1.83. The summed E-state index contributed by atoms with van der Waals surface area (Å²) in [4.78, 5) is 0. The number of aliphatic hydroxyl groups is 1. The lowest BCUT2D eigenvalue weighted by Crippen LogP contribution is -2.09. The lowest BCUT2D eigenvalue weighted by Gasteiger charge is -2.15. The Morgan fingerprint density at radius 1 is 1.50 bits per heavy atom. The first kappa shape index (κ1) is 11.6. The van der Waals surface area contributed by atoms with Crippen molar-refractivity contribution in [2.75, 3.05) is 0 Å². The van der Waals surface area contributed by atoms with E-state index in [0.29, 0.717) is 0 Å². The van der Waals surface area contributed by atoms with Crippen LogP contribution < -0.4 is 0 Å². The van der Waals surface area contributed by atoms with Gasteiger partial charge in [-0.15, -0.1) is 0 Å². The van der Waals surface area contributed by atoms with Gasteiger partial charge in [-0.2, -0.15) is 5.10 Å². The van der Waals surface area contributed by atoms with Crippen molar-refractivity contribution in [2.45, 2.75) is 51.6 Å². The molecule has 3 nitrogen and oxygen atoms in total. The largest absolute Gasteiger partial charge is 0.387 e. The fourth-order valence-electron chi connectivity index (χ4n) is 2.71. The minimum atomic E-state index is -0.333. The molecule has 1 aromatic heterocycles. The summed E-state index contributed by atoms with van der Waals surface area (Å²) in [6, 6.07) is 2.04. The highest BCUT2D eigenvalue weighted by atomic mass is 16.3. The van der Waals surface area contributed by atoms with Crippen LogP contribution in [0.15, 0.2) is 6.07 Å². The first-order valence-corrected chi connectivity index (χ1v) is 6.41. The second kappa shape index (κ2) is 5.00. The summed E-state index contributed by atoms with van der Waals surface area (Å²) >= 11 is 0. The Labute approximate surface area is 97.5 Å². The monoisotopic (exact) mass is 222 g/mol. The third-order valence-electron chi connectivity index (χ3n) is 3.70. The molecular weight excluding hydrogens is 200 g/mol. The Morgan fingerprint density at radius 3 is 2.75 bits per heavy atom. The first-order valence-electron chi connectivity index (χ1n) is 6.41. The lowest BCUT2D eigenvalue weighted by atomic mass is 9.98. The van der Waals surface area contributed by atoms with Gasteiger partial charge in [0.05, 0.1) is 17.5 Å². The zero-order chi connectivity index (χ0) is 11.5. The van der Waals surface area contributed by atoms with E-state index in [1.165, 1.54) is 25.7 Å². The van der Waals surface area contributed by atoms with Crippen LogP contribution in [0.3, 0.4) is 0 Å². The summed E-state index contributed by atoms with van der Waals surface area (Å²) in [5.74, 6) is 0.718. The van der Waals surface area contributed by atoms with Crippen LogP contribution in [0.4, 0.5) is 0 Å². The number of hydrogen-bond donors (Lipinski definition) is 1. The maximum absolute atomic E-state index is 10.2. The SMILES string of the molecule is CCc1cc(C(O)CC2CCCC2)n(C)n1. The lowest BCUT2D eigenvalue weighted by molar-refractivity contribution is 0.136. The first-order chi connectivity index (χ1) is 7.70. The van der Waals surface area contributed by atoms with E-state index in [0.717, 1.165) is 30.1 Å². The number of aromatic nitrogens is 2. The smallest absolute Gasteiger partial charge is 0.0959 e. The van der Waals surface area contributed by atoms with Crippen molar-refractivity contribution >= 4 is 0 Å². The molecule has 2 rings (SSSR count).